The van der Waals surface area contributed by atoms with Gasteiger partial charge in [0, 0.05) is 28.6 Å². The maximum Gasteiger partial charge on any atom is 0.205 e. The number of fused-ring (bicyclic) bond motifs is 1. The smallest absolute Gasteiger partial charge is 0.205 e. The van der Waals surface area contributed by atoms with Crippen LogP contribution in [0.3, 0.4) is 0 Å². The molecule has 4 aromatic rings. The Labute approximate surface area is 195 Å². The molecule has 0 radical (unpaired) electrons. The predicted molar refractivity (Wildman–Crippen MR) is 126 cm³/mol. The largest absolute Gasteiger partial charge is 0.440 e. The third-order valence-electron chi connectivity index (χ3n) is 5.53. The number of allylic oxidation sites excluding steroid dienone is 1. The molecule has 34 heavy (non-hydrogen) atoms. The first-order chi connectivity index (χ1) is 16.6. The summed E-state index contributed by atoms with van der Waals surface area (Å²) in [6.45, 7) is 0. The summed E-state index contributed by atoms with van der Waals surface area (Å²) in [6.07, 6.45) is 1.46. The van der Waals surface area contributed by atoms with Crippen LogP contribution in [0.5, 0.6) is 0 Å². The maximum atomic E-state index is 12.7. The predicted octanol–water partition coefficient (Wildman–Crippen LogP) is 5.96. The molecular formula is C28H15N3O3. The molecule has 0 N–H and O–H groups in total. The first-order valence-electron chi connectivity index (χ1n) is 10.4. The van der Waals surface area contributed by atoms with E-state index in [-0.39, 0.29) is 17.1 Å². The van der Waals surface area contributed by atoms with E-state index in [1.165, 1.54) is 6.08 Å². The van der Waals surface area contributed by atoms with Crippen molar-refractivity contribution in [1.82, 2.24) is 0 Å². The van der Waals surface area contributed by atoms with E-state index in [0.717, 1.165) is 11.4 Å². The zero-order chi connectivity index (χ0) is 23.7. The molecular weight excluding hydrogens is 426 g/mol. The molecule has 1 heterocycles. The maximum absolute atomic E-state index is 12.7. The van der Waals surface area contributed by atoms with Crippen LogP contribution in [0.15, 0.2) is 94.9 Å². The number of furan rings is 1. The number of carbonyl (C=O) groups is 2. The first-order valence-corrected chi connectivity index (χ1v) is 10.4. The third-order valence-corrected chi connectivity index (χ3v) is 5.53. The van der Waals surface area contributed by atoms with E-state index < -0.39 is 0 Å². The van der Waals surface area contributed by atoms with Crippen molar-refractivity contribution in [2.45, 2.75) is 0 Å². The average molecular weight is 441 g/mol. The standard InChI is InChI=1S/C28H15N3O3/c29-16-18-5-9-20(10-6-18)31(21-11-7-19(17-30)8-12-21)26-14-13-22(34-26)15-25-27(32)23-3-1-2-4-24(23)28(25)33/h1-15H. The lowest BCUT2D eigenvalue weighted by Crippen LogP contribution is -2.09. The number of nitriles is 2. The molecule has 0 saturated heterocycles. The fraction of sp³-hybridized carbons (Fsp3) is 0. The van der Waals surface area contributed by atoms with Crippen molar-refractivity contribution in [3.05, 3.63) is 119 Å². The summed E-state index contributed by atoms with van der Waals surface area (Å²) in [5, 5.41) is 18.3. The highest BCUT2D eigenvalue weighted by Crippen LogP contribution is 2.37. The number of Topliss-reactive ketones (excluding diaryl/α,β-unsaturated/α-hetero) is 2. The van der Waals surface area contributed by atoms with Gasteiger partial charge in [-0.15, -0.1) is 0 Å². The SMILES string of the molecule is N#Cc1ccc(N(c2ccc(C#N)cc2)c2ccc(C=C3C(=O)c4ccccc4C3=O)o2)cc1. The van der Waals surface area contributed by atoms with Crippen molar-refractivity contribution in [2.75, 3.05) is 4.90 Å². The van der Waals surface area contributed by atoms with Crippen LogP contribution in [0, 0.1) is 22.7 Å². The quantitative estimate of drug-likeness (QED) is 0.286. The summed E-state index contributed by atoms with van der Waals surface area (Å²) in [5.41, 5.74) is 3.35. The van der Waals surface area contributed by atoms with E-state index in [9.17, 15) is 9.59 Å². The molecule has 1 aliphatic rings. The Morgan fingerprint density at radius 2 is 1.18 bits per heavy atom. The van der Waals surface area contributed by atoms with Gasteiger partial charge in [0.25, 0.3) is 0 Å². The lowest BCUT2D eigenvalue weighted by molar-refractivity contribution is 0.0990. The lowest BCUT2D eigenvalue weighted by Gasteiger charge is -2.22. The van der Waals surface area contributed by atoms with Gasteiger partial charge in [0.2, 0.25) is 5.88 Å². The summed E-state index contributed by atoms with van der Waals surface area (Å²) in [5.74, 6) is 0.146. The first kappa shape index (κ1) is 20.7. The average Bonchev–Trinajstić information content (AvgIpc) is 3.44. The molecule has 0 unspecified atom stereocenters. The van der Waals surface area contributed by atoms with Gasteiger partial charge in [0.15, 0.2) is 11.6 Å². The number of anilines is 3. The molecule has 6 nitrogen and oxygen atoms in total. The van der Waals surface area contributed by atoms with Crippen molar-refractivity contribution < 1.29 is 14.0 Å². The topological polar surface area (TPSA) is 98.1 Å². The van der Waals surface area contributed by atoms with Gasteiger partial charge in [0.05, 0.1) is 28.8 Å². The lowest BCUT2D eigenvalue weighted by atomic mass is 10.1. The Bertz CT molecular complexity index is 1450. The van der Waals surface area contributed by atoms with Crippen LogP contribution in [0.25, 0.3) is 6.08 Å². The van der Waals surface area contributed by atoms with Gasteiger partial charge in [-0.2, -0.15) is 10.5 Å². The zero-order valence-corrected chi connectivity index (χ0v) is 17.7. The highest BCUT2D eigenvalue weighted by molar-refractivity contribution is 6.41. The third kappa shape index (κ3) is 3.56. The van der Waals surface area contributed by atoms with E-state index in [4.69, 9.17) is 14.9 Å². The Kier molecular flexibility index (Phi) is 5.10. The number of carbonyl (C=O) groups excluding carboxylic acids is 2. The number of rotatable bonds is 4. The summed E-state index contributed by atoms with van der Waals surface area (Å²) >= 11 is 0. The summed E-state index contributed by atoms with van der Waals surface area (Å²) < 4.78 is 6.04. The van der Waals surface area contributed by atoms with Gasteiger partial charge < -0.3 is 4.42 Å². The fourth-order valence-corrected chi connectivity index (χ4v) is 3.86. The van der Waals surface area contributed by atoms with Gasteiger partial charge in [0.1, 0.15) is 5.76 Å². The Morgan fingerprint density at radius 1 is 0.676 bits per heavy atom. The monoisotopic (exact) mass is 441 g/mol. The highest BCUT2D eigenvalue weighted by atomic mass is 16.4. The molecule has 1 aliphatic carbocycles. The van der Waals surface area contributed by atoms with Gasteiger partial charge in [-0.3, -0.25) is 14.5 Å². The van der Waals surface area contributed by atoms with Gasteiger partial charge in [-0.25, -0.2) is 0 Å². The van der Waals surface area contributed by atoms with Crippen LogP contribution in [0.1, 0.15) is 37.6 Å². The van der Waals surface area contributed by atoms with Gasteiger partial charge >= 0.3 is 0 Å². The van der Waals surface area contributed by atoms with Crippen molar-refractivity contribution in [2.24, 2.45) is 0 Å². The zero-order valence-electron chi connectivity index (χ0n) is 17.7. The Hall–Kier alpha value is -5.20. The minimum Gasteiger partial charge on any atom is -0.440 e. The fourth-order valence-electron chi connectivity index (χ4n) is 3.86. The molecule has 0 atom stereocenters. The molecule has 3 aromatic carbocycles. The Balaban J connectivity index is 1.55. The minimum atomic E-state index is -0.324. The van der Waals surface area contributed by atoms with E-state index in [1.54, 1.807) is 84.9 Å². The van der Waals surface area contributed by atoms with Gasteiger partial charge in [-0.1, -0.05) is 24.3 Å². The molecule has 5 rings (SSSR count). The minimum absolute atomic E-state index is 0.0606. The van der Waals surface area contributed by atoms with Crippen molar-refractivity contribution in [3.8, 4) is 12.1 Å². The Morgan fingerprint density at radius 3 is 1.65 bits per heavy atom. The molecule has 0 amide bonds. The van der Waals surface area contributed by atoms with Crippen molar-refractivity contribution in [1.29, 1.82) is 10.5 Å². The van der Waals surface area contributed by atoms with Crippen molar-refractivity contribution in [3.63, 3.8) is 0 Å². The molecule has 0 bridgehead atoms. The number of hydrogen-bond donors (Lipinski definition) is 0. The molecule has 160 valence electrons. The van der Waals surface area contributed by atoms with E-state index >= 15 is 0 Å². The number of benzene rings is 3. The van der Waals surface area contributed by atoms with Crippen LogP contribution in [0.2, 0.25) is 0 Å². The highest BCUT2D eigenvalue weighted by Gasteiger charge is 2.32. The van der Waals surface area contributed by atoms with Crippen molar-refractivity contribution >= 4 is 34.9 Å². The second kappa shape index (κ2) is 8.38. The van der Waals surface area contributed by atoms with Crippen LogP contribution in [-0.4, -0.2) is 11.6 Å². The normalized spacial score (nSPS) is 12.1. The van der Waals surface area contributed by atoms with Crippen LogP contribution >= 0.6 is 0 Å². The second-order valence-corrected chi connectivity index (χ2v) is 7.59. The van der Waals surface area contributed by atoms with E-state index in [2.05, 4.69) is 12.1 Å². The number of hydrogen-bond acceptors (Lipinski definition) is 6. The van der Waals surface area contributed by atoms with Crippen LogP contribution in [0.4, 0.5) is 17.3 Å². The van der Waals surface area contributed by atoms with Crippen LogP contribution < -0.4 is 4.90 Å². The van der Waals surface area contributed by atoms with Crippen LogP contribution in [-0.2, 0) is 0 Å². The molecule has 0 spiro atoms. The molecule has 6 heteroatoms. The molecule has 0 fully saturated rings. The summed E-state index contributed by atoms with van der Waals surface area (Å²) in [7, 11) is 0. The molecule has 1 aromatic heterocycles. The van der Waals surface area contributed by atoms with E-state index in [0.29, 0.717) is 33.9 Å². The summed E-state index contributed by atoms with van der Waals surface area (Å²) in [6, 6.07) is 28.3. The number of ketones is 2. The molecule has 0 saturated carbocycles. The van der Waals surface area contributed by atoms with E-state index in [1.807, 2.05) is 4.90 Å². The summed E-state index contributed by atoms with van der Waals surface area (Å²) in [4.78, 5) is 27.3. The molecule has 0 aliphatic heterocycles. The second-order valence-electron chi connectivity index (χ2n) is 7.59. The van der Waals surface area contributed by atoms with Gasteiger partial charge in [-0.05, 0) is 60.7 Å². The number of nitrogens with zero attached hydrogens (tertiary/aromatic N) is 3.